The lowest BCUT2D eigenvalue weighted by molar-refractivity contribution is 1.04. The lowest BCUT2D eigenvalue weighted by atomic mass is 9.95. The first kappa shape index (κ1) is 31.3. The molecule has 248 valence electrons. The average molecular weight is 667 g/mol. The van der Waals surface area contributed by atoms with Crippen molar-refractivity contribution >= 4 is 61.2 Å². The van der Waals surface area contributed by atoms with Crippen LogP contribution in [0.4, 0.5) is 34.1 Å². The Hall–Kier alpha value is -6.64. The van der Waals surface area contributed by atoms with E-state index in [2.05, 4.69) is 216 Å². The molecule has 2 heteroatoms. The zero-order chi connectivity index (χ0) is 34.7. The second kappa shape index (κ2) is 13.9. The van der Waals surface area contributed by atoms with Gasteiger partial charge in [0.15, 0.2) is 0 Å². The third-order valence-corrected chi connectivity index (χ3v) is 10.0. The van der Waals surface area contributed by atoms with E-state index in [-0.39, 0.29) is 0 Å². The van der Waals surface area contributed by atoms with Crippen LogP contribution in [0.5, 0.6) is 0 Å². The second-order valence-electron chi connectivity index (χ2n) is 13.2. The molecule has 0 N–H and O–H groups in total. The van der Waals surface area contributed by atoms with E-state index in [1.807, 2.05) is 0 Å². The minimum Gasteiger partial charge on any atom is -0.309 e. The van der Waals surface area contributed by atoms with E-state index in [1.54, 1.807) is 0 Å². The van der Waals surface area contributed by atoms with Gasteiger partial charge in [0, 0.05) is 44.3 Å². The maximum Gasteiger partial charge on any atom is 0.0619 e. The molecule has 0 bridgehead atoms. The highest BCUT2D eigenvalue weighted by atomic mass is 15.2. The first-order chi connectivity index (χ1) is 25.8. The molecule has 0 fully saturated rings. The lowest BCUT2D eigenvalue weighted by Gasteiger charge is -2.33. The fourth-order valence-electron chi connectivity index (χ4n) is 7.60. The Labute approximate surface area is 305 Å². The van der Waals surface area contributed by atoms with Crippen LogP contribution in [0.15, 0.2) is 206 Å². The molecule has 0 saturated heterocycles. The molecule has 0 aromatic heterocycles. The molecule has 0 spiro atoms. The smallest absolute Gasteiger partial charge is 0.0619 e. The summed E-state index contributed by atoms with van der Waals surface area (Å²) >= 11 is 0. The first-order valence-corrected chi connectivity index (χ1v) is 18.1. The van der Waals surface area contributed by atoms with Gasteiger partial charge in [0.1, 0.15) is 0 Å². The Morgan fingerprint density at radius 3 is 1.10 bits per heavy atom. The molecule has 8 aromatic rings. The number of fused-ring (bicyclic) bond motifs is 2. The molecule has 9 rings (SSSR count). The predicted octanol–water partition coefficient (Wildman–Crippen LogP) is 14.3. The van der Waals surface area contributed by atoms with Gasteiger partial charge in [0.05, 0.1) is 11.4 Å². The van der Waals surface area contributed by atoms with Crippen molar-refractivity contribution in [1.29, 1.82) is 0 Å². The van der Waals surface area contributed by atoms with Gasteiger partial charge in [0.2, 0.25) is 0 Å². The van der Waals surface area contributed by atoms with Gasteiger partial charge in [-0.05, 0) is 83.6 Å². The molecule has 0 heterocycles. The SMILES string of the molecule is C1=CC(c2ccc(N(c3ccccc3)c3c4ccccc4c(N(c4ccccc4)c4ccc(-c5ccccc5)cc4)c4ccccc34)cc2)=CCC1. The molecule has 0 aliphatic heterocycles. The number of nitrogens with zero attached hydrogens (tertiary/aromatic N) is 2. The Morgan fingerprint density at radius 2 is 0.673 bits per heavy atom. The van der Waals surface area contributed by atoms with Crippen LogP contribution in [-0.4, -0.2) is 0 Å². The Bertz CT molecular complexity index is 2480. The normalized spacial score (nSPS) is 12.5. The van der Waals surface area contributed by atoms with E-state index in [0.29, 0.717) is 0 Å². The van der Waals surface area contributed by atoms with Crippen molar-refractivity contribution < 1.29 is 0 Å². The van der Waals surface area contributed by atoms with E-state index in [4.69, 9.17) is 0 Å². The Morgan fingerprint density at radius 1 is 0.308 bits per heavy atom. The van der Waals surface area contributed by atoms with Gasteiger partial charge in [0.25, 0.3) is 0 Å². The van der Waals surface area contributed by atoms with Crippen LogP contribution in [0, 0.1) is 0 Å². The zero-order valence-corrected chi connectivity index (χ0v) is 28.9. The summed E-state index contributed by atoms with van der Waals surface area (Å²) in [5.41, 5.74) is 11.7. The van der Waals surface area contributed by atoms with Crippen molar-refractivity contribution in [2.24, 2.45) is 0 Å². The number of allylic oxidation sites excluding steroid dienone is 4. The molecule has 1 aliphatic rings. The largest absolute Gasteiger partial charge is 0.309 e. The zero-order valence-electron chi connectivity index (χ0n) is 28.9. The van der Waals surface area contributed by atoms with Crippen molar-refractivity contribution in [3.8, 4) is 11.1 Å². The van der Waals surface area contributed by atoms with Gasteiger partial charge in [-0.3, -0.25) is 0 Å². The van der Waals surface area contributed by atoms with Crippen LogP contribution in [0.3, 0.4) is 0 Å². The van der Waals surface area contributed by atoms with Crippen LogP contribution < -0.4 is 9.80 Å². The van der Waals surface area contributed by atoms with Gasteiger partial charge in [-0.15, -0.1) is 0 Å². The van der Waals surface area contributed by atoms with Gasteiger partial charge in [-0.1, -0.05) is 158 Å². The molecule has 8 aromatic carbocycles. The quantitative estimate of drug-likeness (QED) is 0.118. The molecule has 0 amide bonds. The highest BCUT2D eigenvalue weighted by Gasteiger charge is 2.25. The summed E-state index contributed by atoms with van der Waals surface area (Å²) in [6.45, 7) is 0. The number of hydrogen-bond acceptors (Lipinski definition) is 2. The summed E-state index contributed by atoms with van der Waals surface area (Å²) in [7, 11) is 0. The van der Waals surface area contributed by atoms with Crippen molar-refractivity contribution in [2.75, 3.05) is 9.80 Å². The van der Waals surface area contributed by atoms with Gasteiger partial charge in [-0.25, -0.2) is 0 Å². The summed E-state index contributed by atoms with van der Waals surface area (Å²) < 4.78 is 0. The number of anilines is 6. The molecule has 0 saturated carbocycles. The molecule has 0 unspecified atom stereocenters. The molecular weight excluding hydrogens is 629 g/mol. The lowest BCUT2D eigenvalue weighted by Crippen LogP contribution is -2.14. The maximum atomic E-state index is 2.44. The highest BCUT2D eigenvalue weighted by molar-refractivity contribution is 6.23. The van der Waals surface area contributed by atoms with Crippen LogP contribution >= 0.6 is 0 Å². The minimum absolute atomic E-state index is 1.09. The predicted molar refractivity (Wildman–Crippen MR) is 223 cm³/mol. The van der Waals surface area contributed by atoms with Crippen molar-refractivity contribution in [3.63, 3.8) is 0 Å². The number of rotatable bonds is 8. The van der Waals surface area contributed by atoms with Gasteiger partial charge < -0.3 is 9.80 Å². The van der Waals surface area contributed by atoms with Crippen molar-refractivity contribution in [3.05, 3.63) is 212 Å². The summed E-state index contributed by atoms with van der Waals surface area (Å²) in [4.78, 5) is 4.86. The summed E-state index contributed by atoms with van der Waals surface area (Å²) in [6, 6.07) is 67.9. The average Bonchev–Trinajstić information content (AvgIpc) is 3.23. The molecule has 1 aliphatic carbocycles. The third kappa shape index (κ3) is 5.85. The fraction of sp³-hybridized carbons (Fsp3) is 0.0400. The summed E-state index contributed by atoms with van der Waals surface area (Å²) in [5, 5.41) is 4.73. The standard InChI is InChI=1S/C50H38N2/c1-5-17-37(18-6-1)39-29-33-43(34-30-39)51(41-21-9-3-10-22-41)49-45-25-13-15-27-47(45)50(48-28-16-14-26-46(48)49)52(42-23-11-4-12-24-42)44-35-31-40(32-36-44)38-19-7-2-8-20-38/h1,3-7,9-36H,2,8H2. The summed E-state index contributed by atoms with van der Waals surface area (Å²) in [6.07, 6.45) is 9.07. The van der Waals surface area contributed by atoms with Crippen LogP contribution in [0.25, 0.3) is 38.2 Å². The van der Waals surface area contributed by atoms with E-state index < -0.39 is 0 Å². The first-order valence-electron chi connectivity index (χ1n) is 18.1. The van der Waals surface area contributed by atoms with E-state index in [0.717, 1.165) is 47.0 Å². The van der Waals surface area contributed by atoms with E-state index in [1.165, 1.54) is 43.8 Å². The number of benzene rings is 8. The number of hydrogen-bond donors (Lipinski definition) is 0. The molecule has 0 atom stereocenters. The second-order valence-corrected chi connectivity index (χ2v) is 13.2. The molecule has 0 radical (unpaired) electrons. The molecule has 2 nitrogen and oxygen atoms in total. The van der Waals surface area contributed by atoms with Gasteiger partial charge in [-0.2, -0.15) is 0 Å². The van der Waals surface area contributed by atoms with E-state index in [9.17, 15) is 0 Å². The topological polar surface area (TPSA) is 6.48 Å². The highest BCUT2D eigenvalue weighted by Crippen LogP contribution is 2.51. The minimum atomic E-state index is 1.09. The third-order valence-electron chi connectivity index (χ3n) is 10.0. The fourth-order valence-corrected chi connectivity index (χ4v) is 7.60. The molecular formula is C50H38N2. The van der Waals surface area contributed by atoms with Crippen molar-refractivity contribution in [2.45, 2.75) is 12.8 Å². The Balaban J connectivity index is 1.28. The van der Waals surface area contributed by atoms with Crippen molar-refractivity contribution in [1.82, 2.24) is 0 Å². The maximum absolute atomic E-state index is 2.44. The van der Waals surface area contributed by atoms with Crippen LogP contribution in [0.2, 0.25) is 0 Å². The monoisotopic (exact) mass is 666 g/mol. The summed E-state index contributed by atoms with van der Waals surface area (Å²) in [5.74, 6) is 0. The van der Waals surface area contributed by atoms with Crippen LogP contribution in [0.1, 0.15) is 18.4 Å². The van der Waals surface area contributed by atoms with Gasteiger partial charge >= 0.3 is 0 Å². The number of para-hydroxylation sites is 2. The Kier molecular flexibility index (Phi) is 8.40. The van der Waals surface area contributed by atoms with E-state index >= 15 is 0 Å². The molecule has 52 heavy (non-hydrogen) atoms. The van der Waals surface area contributed by atoms with Crippen LogP contribution in [-0.2, 0) is 0 Å².